The first-order valence-electron chi connectivity index (χ1n) is 5.89. The number of hydrogen-bond donors (Lipinski definition) is 0. The van der Waals surface area contributed by atoms with Crippen molar-refractivity contribution in [3.8, 4) is 0 Å². The van der Waals surface area contributed by atoms with Gasteiger partial charge in [-0.15, -0.1) is 0 Å². The van der Waals surface area contributed by atoms with Gasteiger partial charge in [0.1, 0.15) is 17.8 Å². The number of hydrogen-bond acceptors (Lipinski definition) is 5. The maximum atomic E-state index is 11.6. The minimum Gasteiger partial charge on any atom is -0.460 e. The lowest BCUT2D eigenvalue weighted by Gasteiger charge is -2.28. The van der Waals surface area contributed by atoms with E-state index < -0.39 is 17.9 Å². The van der Waals surface area contributed by atoms with Crippen molar-refractivity contribution < 1.29 is 23.8 Å². The summed E-state index contributed by atoms with van der Waals surface area (Å²) in [6.45, 7) is 7.33. The summed E-state index contributed by atoms with van der Waals surface area (Å²) in [6, 6.07) is 0. The Kier molecular flexibility index (Phi) is 4.37. The van der Waals surface area contributed by atoms with Gasteiger partial charge in [0.2, 0.25) is 0 Å². The third kappa shape index (κ3) is 5.06. The van der Waals surface area contributed by atoms with Gasteiger partial charge in [-0.25, -0.2) is 4.79 Å². The predicted molar refractivity (Wildman–Crippen MR) is 60.5 cm³/mol. The van der Waals surface area contributed by atoms with Gasteiger partial charge in [0.15, 0.2) is 0 Å². The van der Waals surface area contributed by atoms with Crippen LogP contribution in [0.4, 0.5) is 4.79 Å². The van der Waals surface area contributed by atoms with Crippen molar-refractivity contribution in [2.45, 2.75) is 64.8 Å². The molecule has 98 valence electrons. The molecule has 0 saturated carbocycles. The largest absolute Gasteiger partial charge is 0.508 e. The zero-order valence-electron chi connectivity index (χ0n) is 10.8. The molecule has 0 aromatic carbocycles. The van der Waals surface area contributed by atoms with Crippen LogP contribution in [0.2, 0.25) is 0 Å². The molecule has 1 aliphatic heterocycles. The standard InChI is InChI=1S/C12H20O5/c1-5-8-6-9(16-11(14)15-8)7-10(13)17-12(2,3)4/h8-9H,5-7H2,1-4H3. The Morgan fingerprint density at radius 1 is 1.35 bits per heavy atom. The van der Waals surface area contributed by atoms with Crippen LogP contribution in [-0.2, 0) is 19.0 Å². The molecular weight excluding hydrogens is 224 g/mol. The van der Waals surface area contributed by atoms with E-state index in [-0.39, 0.29) is 18.5 Å². The Balaban J connectivity index is 2.45. The molecule has 5 nitrogen and oxygen atoms in total. The summed E-state index contributed by atoms with van der Waals surface area (Å²) in [4.78, 5) is 22.7. The van der Waals surface area contributed by atoms with E-state index in [4.69, 9.17) is 14.2 Å². The van der Waals surface area contributed by atoms with Crippen molar-refractivity contribution in [3.05, 3.63) is 0 Å². The summed E-state index contributed by atoms with van der Waals surface area (Å²) >= 11 is 0. The first-order valence-corrected chi connectivity index (χ1v) is 5.89. The molecule has 17 heavy (non-hydrogen) atoms. The molecule has 0 aromatic heterocycles. The molecule has 0 spiro atoms. The van der Waals surface area contributed by atoms with Gasteiger partial charge in [-0.2, -0.15) is 0 Å². The molecule has 1 fully saturated rings. The van der Waals surface area contributed by atoms with E-state index in [1.807, 2.05) is 6.92 Å². The Morgan fingerprint density at radius 3 is 2.47 bits per heavy atom. The second-order valence-electron chi connectivity index (χ2n) is 5.16. The van der Waals surface area contributed by atoms with Gasteiger partial charge in [0.25, 0.3) is 0 Å². The highest BCUT2D eigenvalue weighted by Gasteiger charge is 2.31. The van der Waals surface area contributed by atoms with Crippen molar-refractivity contribution >= 4 is 12.1 Å². The van der Waals surface area contributed by atoms with E-state index in [1.165, 1.54) is 0 Å². The Morgan fingerprint density at radius 2 is 1.94 bits per heavy atom. The molecule has 0 amide bonds. The number of esters is 1. The van der Waals surface area contributed by atoms with Gasteiger partial charge >= 0.3 is 12.1 Å². The maximum absolute atomic E-state index is 11.6. The van der Waals surface area contributed by atoms with Crippen molar-refractivity contribution in [1.82, 2.24) is 0 Å². The molecule has 0 N–H and O–H groups in total. The molecule has 2 atom stereocenters. The minimum atomic E-state index is -0.698. The number of cyclic esters (lactones) is 2. The molecular formula is C12H20O5. The summed E-state index contributed by atoms with van der Waals surface area (Å²) in [5.41, 5.74) is -0.517. The molecule has 5 heteroatoms. The SMILES string of the molecule is CCC1CC(CC(=O)OC(C)(C)C)OC(=O)O1. The van der Waals surface area contributed by atoms with Crippen molar-refractivity contribution in [1.29, 1.82) is 0 Å². The maximum Gasteiger partial charge on any atom is 0.508 e. The molecule has 1 aliphatic rings. The Hall–Kier alpha value is -1.26. The third-order valence-electron chi connectivity index (χ3n) is 2.32. The molecule has 1 saturated heterocycles. The number of carbonyl (C=O) groups is 2. The van der Waals surface area contributed by atoms with Gasteiger partial charge in [0.05, 0.1) is 6.42 Å². The van der Waals surface area contributed by atoms with Crippen LogP contribution < -0.4 is 0 Å². The lowest BCUT2D eigenvalue weighted by atomic mass is 10.1. The minimum absolute atomic E-state index is 0.0862. The van der Waals surface area contributed by atoms with Crippen molar-refractivity contribution in [2.75, 3.05) is 0 Å². The highest BCUT2D eigenvalue weighted by Crippen LogP contribution is 2.21. The summed E-state index contributed by atoms with van der Waals surface area (Å²) in [7, 11) is 0. The third-order valence-corrected chi connectivity index (χ3v) is 2.32. The first kappa shape index (κ1) is 13.8. The van der Waals surface area contributed by atoms with Crippen LogP contribution in [0.25, 0.3) is 0 Å². The fourth-order valence-corrected chi connectivity index (χ4v) is 1.63. The molecule has 1 rings (SSSR count). The Bertz CT molecular complexity index is 292. The van der Waals surface area contributed by atoms with Gasteiger partial charge in [0, 0.05) is 6.42 Å². The monoisotopic (exact) mass is 244 g/mol. The van der Waals surface area contributed by atoms with Gasteiger partial charge < -0.3 is 14.2 Å². The summed E-state index contributed by atoms with van der Waals surface area (Å²) in [5.74, 6) is -0.355. The normalized spacial score (nSPS) is 24.8. The van der Waals surface area contributed by atoms with E-state index >= 15 is 0 Å². The topological polar surface area (TPSA) is 61.8 Å². The molecule has 0 radical (unpaired) electrons. The van der Waals surface area contributed by atoms with Crippen LogP contribution >= 0.6 is 0 Å². The summed E-state index contributed by atoms with van der Waals surface area (Å²) in [6.07, 6.45) is 0.0565. The molecule has 2 unspecified atom stereocenters. The molecule has 1 heterocycles. The molecule has 0 bridgehead atoms. The summed E-state index contributed by atoms with van der Waals surface area (Å²) in [5, 5.41) is 0. The van der Waals surface area contributed by atoms with Crippen LogP contribution in [0.15, 0.2) is 0 Å². The quantitative estimate of drug-likeness (QED) is 0.713. The first-order chi connectivity index (χ1) is 7.80. The highest BCUT2D eigenvalue weighted by molar-refractivity contribution is 5.71. The number of rotatable bonds is 3. The highest BCUT2D eigenvalue weighted by atomic mass is 16.7. The van der Waals surface area contributed by atoms with Crippen molar-refractivity contribution in [2.24, 2.45) is 0 Å². The van der Waals surface area contributed by atoms with Crippen LogP contribution in [0.1, 0.15) is 47.0 Å². The zero-order valence-corrected chi connectivity index (χ0v) is 10.8. The van der Waals surface area contributed by atoms with Crippen LogP contribution in [-0.4, -0.2) is 29.9 Å². The Labute approximate surface area is 101 Å². The van der Waals surface area contributed by atoms with E-state index in [0.29, 0.717) is 6.42 Å². The average Bonchev–Trinajstić information content (AvgIpc) is 2.13. The lowest BCUT2D eigenvalue weighted by molar-refractivity contribution is -0.159. The predicted octanol–water partition coefficient (Wildman–Crippen LogP) is 2.42. The van der Waals surface area contributed by atoms with Gasteiger partial charge in [-0.1, -0.05) is 6.92 Å². The van der Waals surface area contributed by atoms with Crippen molar-refractivity contribution in [3.63, 3.8) is 0 Å². The fourth-order valence-electron chi connectivity index (χ4n) is 1.63. The van der Waals surface area contributed by atoms with E-state index in [2.05, 4.69) is 0 Å². The number of ether oxygens (including phenoxy) is 3. The lowest BCUT2D eigenvalue weighted by Crippen LogP contribution is -2.36. The average molecular weight is 244 g/mol. The van der Waals surface area contributed by atoms with Crippen LogP contribution in [0.3, 0.4) is 0 Å². The zero-order chi connectivity index (χ0) is 13.1. The number of carbonyl (C=O) groups excluding carboxylic acids is 2. The van der Waals surface area contributed by atoms with Crippen LogP contribution in [0, 0.1) is 0 Å². The second-order valence-corrected chi connectivity index (χ2v) is 5.16. The molecule has 0 aliphatic carbocycles. The van der Waals surface area contributed by atoms with Gasteiger partial charge in [-0.05, 0) is 27.2 Å². The van der Waals surface area contributed by atoms with Crippen LogP contribution in [0.5, 0.6) is 0 Å². The fraction of sp³-hybridized carbons (Fsp3) is 0.833. The summed E-state index contributed by atoms with van der Waals surface area (Å²) < 4.78 is 15.1. The van der Waals surface area contributed by atoms with Gasteiger partial charge in [-0.3, -0.25) is 4.79 Å². The second kappa shape index (κ2) is 5.38. The molecule has 0 aromatic rings. The van der Waals surface area contributed by atoms with E-state index in [1.54, 1.807) is 20.8 Å². The van der Waals surface area contributed by atoms with E-state index in [0.717, 1.165) is 6.42 Å². The van der Waals surface area contributed by atoms with E-state index in [9.17, 15) is 9.59 Å². The smallest absolute Gasteiger partial charge is 0.460 e.